The monoisotopic (exact) mass is 167 g/mol. The molecule has 0 aromatic carbocycles. The van der Waals surface area contributed by atoms with Crippen LogP contribution in [-0.4, -0.2) is 9.97 Å². The Kier molecular flexibility index (Phi) is 1.22. The number of H-pyrrole nitrogens is 2. The van der Waals surface area contributed by atoms with Gasteiger partial charge in [0.05, 0.1) is 5.69 Å². The normalized spacial score (nSPS) is 19.6. The second-order valence-electron chi connectivity index (χ2n) is 2.33. The zero-order valence-corrected chi connectivity index (χ0v) is 5.87. The third kappa shape index (κ3) is 0.800. The number of hydrogen-bond acceptors (Lipinski definition) is 5. The Morgan fingerprint density at radius 2 is 2.08 bits per heavy atom. The van der Waals surface area contributed by atoms with Gasteiger partial charge in [0.15, 0.2) is 11.9 Å². The fraction of sp³-hybridized carbons (Fsp3) is 0.200. The molecule has 1 aromatic rings. The van der Waals surface area contributed by atoms with E-state index in [9.17, 15) is 9.59 Å². The standard InChI is InChI=1S/C5H5N5O2/c6-3-1-2(9-10-3)4(11)8-5(12)7-1/h3H,6H2,(H2,7,8,11,12)/t3-/m0/s1. The molecule has 2 heterocycles. The lowest BCUT2D eigenvalue weighted by molar-refractivity contribution is 0.737. The van der Waals surface area contributed by atoms with Gasteiger partial charge in [-0.15, -0.1) is 5.11 Å². The van der Waals surface area contributed by atoms with Gasteiger partial charge in [0, 0.05) is 0 Å². The van der Waals surface area contributed by atoms with Crippen LogP contribution in [0.2, 0.25) is 0 Å². The first-order valence-corrected chi connectivity index (χ1v) is 3.21. The lowest BCUT2D eigenvalue weighted by atomic mass is 10.3. The average molecular weight is 167 g/mol. The summed E-state index contributed by atoms with van der Waals surface area (Å²) in [7, 11) is 0. The molecule has 0 spiro atoms. The predicted molar refractivity (Wildman–Crippen MR) is 39.1 cm³/mol. The molecule has 0 aliphatic carbocycles. The van der Waals surface area contributed by atoms with Gasteiger partial charge in [0.2, 0.25) is 0 Å². The van der Waals surface area contributed by atoms with E-state index in [-0.39, 0.29) is 11.4 Å². The van der Waals surface area contributed by atoms with E-state index < -0.39 is 17.4 Å². The summed E-state index contributed by atoms with van der Waals surface area (Å²) in [5, 5.41) is 7.03. The second kappa shape index (κ2) is 2.11. The van der Waals surface area contributed by atoms with Crippen molar-refractivity contribution in [2.45, 2.75) is 6.17 Å². The van der Waals surface area contributed by atoms with Crippen molar-refractivity contribution in [1.29, 1.82) is 0 Å². The van der Waals surface area contributed by atoms with Crippen molar-refractivity contribution in [3.8, 4) is 0 Å². The number of nitrogens with two attached hydrogens (primary N) is 1. The van der Waals surface area contributed by atoms with Crippen molar-refractivity contribution in [3.05, 3.63) is 26.5 Å². The molecule has 0 fully saturated rings. The van der Waals surface area contributed by atoms with Crippen molar-refractivity contribution in [3.63, 3.8) is 0 Å². The maximum atomic E-state index is 11.0. The Bertz CT molecular complexity index is 456. The van der Waals surface area contributed by atoms with Crippen molar-refractivity contribution >= 4 is 5.69 Å². The number of azo groups is 1. The molecule has 1 atom stereocenters. The maximum Gasteiger partial charge on any atom is 0.326 e. The average Bonchev–Trinajstić information content (AvgIpc) is 2.33. The van der Waals surface area contributed by atoms with Gasteiger partial charge in [0.1, 0.15) is 0 Å². The fourth-order valence-electron chi connectivity index (χ4n) is 0.988. The first-order valence-electron chi connectivity index (χ1n) is 3.21. The summed E-state index contributed by atoms with van der Waals surface area (Å²) in [6.07, 6.45) is -0.727. The molecule has 0 saturated heterocycles. The molecule has 62 valence electrons. The highest BCUT2D eigenvalue weighted by atomic mass is 16.2. The molecule has 12 heavy (non-hydrogen) atoms. The van der Waals surface area contributed by atoms with Crippen molar-refractivity contribution < 1.29 is 0 Å². The van der Waals surface area contributed by atoms with Crippen LogP contribution in [0.4, 0.5) is 5.69 Å². The first-order chi connectivity index (χ1) is 5.68. The molecule has 0 saturated carbocycles. The topological polar surface area (TPSA) is 116 Å². The van der Waals surface area contributed by atoms with E-state index in [2.05, 4.69) is 15.2 Å². The van der Waals surface area contributed by atoms with Gasteiger partial charge in [-0.1, -0.05) is 0 Å². The van der Waals surface area contributed by atoms with Gasteiger partial charge in [-0.05, 0) is 0 Å². The molecule has 7 heteroatoms. The zero-order chi connectivity index (χ0) is 8.72. The summed E-state index contributed by atoms with van der Waals surface area (Å²) in [5.41, 5.74) is 4.59. The Labute approximate surface area is 65.3 Å². The van der Waals surface area contributed by atoms with Gasteiger partial charge < -0.3 is 10.7 Å². The fourth-order valence-corrected chi connectivity index (χ4v) is 0.988. The van der Waals surface area contributed by atoms with Gasteiger partial charge >= 0.3 is 5.69 Å². The van der Waals surface area contributed by atoms with Crippen LogP contribution in [-0.2, 0) is 0 Å². The van der Waals surface area contributed by atoms with Crippen LogP contribution in [0.5, 0.6) is 0 Å². The quantitative estimate of drug-likeness (QED) is 0.465. The third-order valence-corrected chi connectivity index (χ3v) is 1.52. The number of nitrogens with zero attached hydrogens (tertiary/aromatic N) is 2. The highest BCUT2D eigenvalue weighted by molar-refractivity contribution is 5.42. The van der Waals surface area contributed by atoms with E-state index in [0.29, 0.717) is 0 Å². The van der Waals surface area contributed by atoms with Crippen LogP contribution in [0.1, 0.15) is 11.9 Å². The van der Waals surface area contributed by atoms with E-state index in [0.717, 1.165) is 0 Å². The minimum Gasteiger partial charge on any atom is -0.306 e. The molecule has 0 unspecified atom stereocenters. The summed E-state index contributed by atoms with van der Waals surface area (Å²) < 4.78 is 0. The Hall–Kier alpha value is -1.76. The largest absolute Gasteiger partial charge is 0.326 e. The molecule has 0 bridgehead atoms. The van der Waals surface area contributed by atoms with Crippen LogP contribution >= 0.6 is 0 Å². The summed E-state index contributed by atoms with van der Waals surface area (Å²) in [6, 6.07) is 0. The molecule has 1 aromatic heterocycles. The first kappa shape index (κ1) is 6.92. The molecule has 1 aliphatic rings. The molecule has 0 amide bonds. The lowest BCUT2D eigenvalue weighted by Crippen LogP contribution is -2.24. The molecular weight excluding hydrogens is 162 g/mol. The van der Waals surface area contributed by atoms with E-state index in [4.69, 9.17) is 5.73 Å². The van der Waals surface area contributed by atoms with Crippen LogP contribution in [0, 0.1) is 0 Å². The van der Waals surface area contributed by atoms with Crippen molar-refractivity contribution in [2.75, 3.05) is 0 Å². The summed E-state index contributed by atoms with van der Waals surface area (Å²) >= 11 is 0. The smallest absolute Gasteiger partial charge is 0.306 e. The van der Waals surface area contributed by atoms with Crippen LogP contribution in [0.25, 0.3) is 0 Å². The van der Waals surface area contributed by atoms with Crippen LogP contribution in [0.3, 0.4) is 0 Å². The minimum absolute atomic E-state index is 0.0853. The second-order valence-corrected chi connectivity index (χ2v) is 2.33. The number of nitrogens with one attached hydrogen (secondary N) is 2. The molecule has 1 aliphatic heterocycles. The third-order valence-electron chi connectivity index (χ3n) is 1.52. The molecule has 0 radical (unpaired) electrons. The highest BCUT2D eigenvalue weighted by Gasteiger charge is 2.20. The van der Waals surface area contributed by atoms with Gasteiger partial charge in [0.25, 0.3) is 5.56 Å². The maximum absolute atomic E-state index is 11.0. The number of rotatable bonds is 0. The van der Waals surface area contributed by atoms with Crippen LogP contribution in [0.15, 0.2) is 19.8 Å². The number of fused-ring (bicyclic) bond motifs is 1. The number of hydrogen-bond donors (Lipinski definition) is 3. The molecule has 4 N–H and O–H groups in total. The number of aromatic amines is 2. The zero-order valence-electron chi connectivity index (χ0n) is 5.87. The van der Waals surface area contributed by atoms with Crippen molar-refractivity contribution in [2.24, 2.45) is 16.0 Å². The van der Waals surface area contributed by atoms with E-state index in [1.807, 2.05) is 4.98 Å². The lowest BCUT2D eigenvalue weighted by Gasteiger charge is -1.97. The number of aromatic nitrogens is 2. The summed E-state index contributed by atoms with van der Waals surface area (Å²) in [4.78, 5) is 26.1. The van der Waals surface area contributed by atoms with Crippen molar-refractivity contribution in [1.82, 2.24) is 9.97 Å². The Morgan fingerprint density at radius 3 is 2.83 bits per heavy atom. The predicted octanol–water partition coefficient (Wildman–Crippen LogP) is -0.882. The highest BCUT2D eigenvalue weighted by Crippen LogP contribution is 2.24. The van der Waals surface area contributed by atoms with E-state index in [1.54, 1.807) is 0 Å². The molecule has 2 rings (SSSR count). The minimum atomic E-state index is -0.727. The van der Waals surface area contributed by atoms with E-state index >= 15 is 0 Å². The van der Waals surface area contributed by atoms with Gasteiger partial charge in [-0.2, -0.15) is 5.11 Å². The van der Waals surface area contributed by atoms with Crippen LogP contribution < -0.4 is 17.0 Å². The Balaban J connectivity index is 2.83. The SMILES string of the molecule is N[C@H]1N=Nc2c1[nH]c(=O)[nH]c2=O. The van der Waals surface area contributed by atoms with E-state index in [1.165, 1.54) is 0 Å². The van der Waals surface area contributed by atoms with Gasteiger partial charge in [-0.25, -0.2) is 4.79 Å². The molecular formula is C5H5N5O2. The summed E-state index contributed by atoms with van der Waals surface area (Å²) in [5.74, 6) is 0. The Morgan fingerprint density at radius 1 is 1.33 bits per heavy atom. The summed E-state index contributed by atoms with van der Waals surface area (Å²) in [6.45, 7) is 0. The molecule has 7 nitrogen and oxygen atoms in total. The van der Waals surface area contributed by atoms with Gasteiger partial charge in [-0.3, -0.25) is 9.78 Å².